The first-order valence-electron chi connectivity index (χ1n) is 6.78. The van der Waals surface area contributed by atoms with E-state index in [0.717, 1.165) is 6.54 Å². The summed E-state index contributed by atoms with van der Waals surface area (Å²) in [5, 5.41) is 7.80. The van der Waals surface area contributed by atoms with Crippen molar-refractivity contribution in [1.29, 1.82) is 0 Å². The summed E-state index contributed by atoms with van der Waals surface area (Å²) in [7, 11) is 1.24. The Kier molecular flexibility index (Phi) is 3.67. The zero-order chi connectivity index (χ0) is 15.0. The molecule has 21 heavy (non-hydrogen) atoms. The van der Waals surface area contributed by atoms with E-state index in [-0.39, 0.29) is 16.7 Å². The zero-order valence-electron chi connectivity index (χ0n) is 11.6. The molecule has 1 aliphatic carbocycles. The van der Waals surface area contributed by atoms with E-state index in [2.05, 4.69) is 14.9 Å². The molecule has 0 unspecified atom stereocenters. The van der Waals surface area contributed by atoms with Gasteiger partial charge in [0.05, 0.1) is 12.1 Å². The Labute approximate surface area is 126 Å². The predicted molar refractivity (Wildman–Crippen MR) is 75.4 cm³/mol. The molecule has 0 bridgehead atoms. The molecule has 0 N–H and O–H groups in total. The second-order valence-electron chi connectivity index (χ2n) is 5.21. The minimum Gasteiger partial charge on any atom is -0.464 e. The molecule has 112 valence electrons. The molecule has 0 radical (unpaired) electrons. The standard InChI is InChI=1S/C13H15ClN4O3/c1-21-12(19)11-9(14)6-10(15-16-11)18-5-4-17(13(18)20)7-8-2-3-8/h6,8H,2-5,7H2,1H3. The van der Waals surface area contributed by atoms with Gasteiger partial charge in [-0.05, 0) is 18.8 Å². The molecule has 1 aliphatic heterocycles. The maximum Gasteiger partial charge on any atom is 0.360 e. The highest BCUT2D eigenvalue weighted by Crippen LogP contribution is 2.31. The van der Waals surface area contributed by atoms with Crippen LogP contribution in [0, 0.1) is 5.92 Å². The van der Waals surface area contributed by atoms with Crippen molar-refractivity contribution in [1.82, 2.24) is 15.1 Å². The number of amides is 2. The van der Waals surface area contributed by atoms with Gasteiger partial charge < -0.3 is 9.64 Å². The first-order chi connectivity index (χ1) is 10.1. The van der Waals surface area contributed by atoms with Crippen LogP contribution in [0.2, 0.25) is 5.02 Å². The molecule has 1 saturated carbocycles. The van der Waals surface area contributed by atoms with E-state index in [0.29, 0.717) is 24.8 Å². The van der Waals surface area contributed by atoms with Gasteiger partial charge in [0.2, 0.25) is 0 Å². The maximum absolute atomic E-state index is 12.3. The molecule has 1 aromatic rings. The summed E-state index contributed by atoms with van der Waals surface area (Å²) in [5.74, 6) is 0.350. The number of esters is 1. The highest BCUT2D eigenvalue weighted by molar-refractivity contribution is 6.33. The molecule has 2 fully saturated rings. The third-order valence-electron chi connectivity index (χ3n) is 3.66. The second-order valence-corrected chi connectivity index (χ2v) is 5.62. The monoisotopic (exact) mass is 310 g/mol. The summed E-state index contributed by atoms with van der Waals surface area (Å²) in [4.78, 5) is 27.1. The SMILES string of the molecule is COC(=O)c1nnc(N2CCN(CC3CC3)C2=O)cc1Cl. The fraction of sp³-hybridized carbons (Fsp3) is 0.538. The average molecular weight is 311 g/mol. The number of methoxy groups -OCH3 is 1. The number of halogens is 1. The van der Waals surface area contributed by atoms with E-state index in [1.807, 2.05) is 4.90 Å². The van der Waals surface area contributed by atoms with Crippen LogP contribution in [0.25, 0.3) is 0 Å². The van der Waals surface area contributed by atoms with Crippen molar-refractivity contribution >= 4 is 29.4 Å². The van der Waals surface area contributed by atoms with E-state index < -0.39 is 5.97 Å². The lowest BCUT2D eigenvalue weighted by atomic mass is 10.3. The van der Waals surface area contributed by atoms with Gasteiger partial charge >= 0.3 is 12.0 Å². The second kappa shape index (κ2) is 5.48. The molecule has 1 aromatic heterocycles. The first kappa shape index (κ1) is 14.1. The summed E-state index contributed by atoms with van der Waals surface area (Å²) < 4.78 is 4.56. The highest BCUT2D eigenvalue weighted by Gasteiger charge is 2.35. The predicted octanol–water partition coefficient (Wildman–Crippen LogP) is 1.57. The highest BCUT2D eigenvalue weighted by atomic mass is 35.5. The fourth-order valence-electron chi connectivity index (χ4n) is 2.30. The topological polar surface area (TPSA) is 75.6 Å². The number of hydrogen-bond acceptors (Lipinski definition) is 5. The van der Waals surface area contributed by atoms with Crippen molar-refractivity contribution in [2.75, 3.05) is 31.6 Å². The quantitative estimate of drug-likeness (QED) is 0.789. The number of aromatic nitrogens is 2. The van der Waals surface area contributed by atoms with Crippen LogP contribution in [0.15, 0.2) is 6.07 Å². The molecule has 3 rings (SSSR count). The minimum absolute atomic E-state index is 0.0515. The molecule has 0 aromatic carbocycles. The van der Waals surface area contributed by atoms with E-state index in [1.165, 1.54) is 30.9 Å². The smallest absolute Gasteiger partial charge is 0.360 e. The van der Waals surface area contributed by atoms with Crippen molar-refractivity contribution in [3.05, 3.63) is 16.8 Å². The molecule has 2 heterocycles. The van der Waals surface area contributed by atoms with Crippen molar-refractivity contribution < 1.29 is 14.3 Å². The maximum atomic E-state index is 12.3. The van der Waals surface area contributed by atoms with Crippen LogP contribution >= 0.6 is 11.6 Å². The largest absolute Gasteiger partial charge is 0.464 e. The normalized spacial score (nSPS) is 18.3. The summed E-state index contributed by atoms with van der Waals surface area (Å²) in [5.41, 5.74) is -0.0515. The molecule has 1 saturated heterocycles. The third-order valence-corrected chi connectivity index (χ3v) is 3.95. The lowest BCUT2D eigenvalue weighted by molar-refractivity contribution is 0.0593. The Morgan fingerprint density at radius 1 is 1.43 bits per heavy atom. The molecule has 2 aliphatic rings. The van der Waals surface area contributed by atoms with Crippen molar-refractivity contribution in [3.8, 4) is 0 Å². The molecular weight excluding hydrogens is 296 g/mol. The van der Waals surface area contributed by atoms with Gasteiger partial charge in [-0.25, -0.2) is 9.59 Å². The first-order valence-corrected chi connectivity index (χ1v) is 7.16. The fourth-order valence-corrected chi connectivity index (χ4v) is 2.52. The minimum atomic E-state index is -0.651. The van der Waals surface area contributed by atoms with Gasteiger partial charge in [-0.3, -0.25) is 4.90 Å². The molecule has 0 spiro atoms. The van der Waals surface area contributed by atoms with Gasteiger partial charge in [0.25, 0.3) is 0 Å². The Morgan fingerprint density at radius 2 is 2.19 bits per heavy atom. The molecule has 0 atom stereocenters. The van der Waals surface area contributed by atoms with E-state index >= 15 is 0 Å². The Bertz CT molecular complexity index is 591. The van der Waals surface area contributed by atoms with Crippen LogP contribution in [-0.4, -0.2) is 53.8 Å². The van der Waals surface area contributed by atoms with Gasteiger partial charge in [-0.1, -0.05) is 11.6 Å². The lowest BCUT2D eigenvalue weighted by Gasteiger charge is -2.17. The Morgan fingerprint density at radius 3 is 2.81 bits per heavy atom. The molecular formula is C13H15ClN4O3. The number of hydrogen-bond donors (Lipinski definition) is 0. The summed E-state index contributed by atoms with van der Waals surface area (Å²) in [6.45, 7) is 2.03. The van der Waals surface area contributed by atoms with Crippen LogP contribution in [-0.2, 0) is 4.74 Å². The van der Waals surface area contributed by atoms with Gasteiger partial charge in [0, 0.05) is 25.7 Å². The lowest BCUT2D eigenvalue weighted by Crippen LogP contribution is -2.33. The molecule has 7 nitrogen and oxygen atoms in total. The Hall–Kier alpha value is -1.89. The van der Waals surface area contributed by atoms with E-state index in [1.54, 1.807) is 0 Å². The van der Waals surface area contributed by atoms with Gasteiger partial charge in [0.1, 0.15) is 0 Å². The number of ether oxygens (including phenoxy) is 1. The van der Waals surface area contributed by atoms with Gasteiger partial charge in [0.15, 0.2) is 11.5 Å². The van der Waals surface area contributed by atoms with Crippen molar-refractivity contribution in [3.63, 3.8) is 0 Å². The van der Waals surface area contributed by atoms with E-state index in [4.69, 9.17) is 11.6 Å². The molecule has 8 heteroatoms. The van der Waals surface area contributed by atoms with Gasteiger partial charge in [-0.15, -0.1) is 10.2 Å². The number of rotatable bonds is 4. The van der Waals surface area contributed by atoms with Crippen LogP contribution in [0.3, 0.4) is 0 Å². The van der Waals surface area contributed by atoms with Crippen LogP contribution in [0.5, 0.6) is 0 Å². The number of anilines is 1. The summed E-state index contributed by atoms with van der Waals surface area (Å²) in [6.07, 6.45) is 2.40. The van der Waals surface area contributed by atoms with E-state index in [9.17, 15) is 9.59 Å². The van der Waals surface area contributed by atoms with Gasteiger partial charge in [-0.2, -0.15) is 0 Å². The van der Waals surface area contributed by atoms with Crippen LogP contribution in [0.4, 0.5) is 10.6 Å². The number of urea groups is 1. The average Bonchev–Trinajstić information content (AvgIpc) is 3.22. The molecule has 2 amide bonds. The number of nitrogens with zero attached hydrogens (tertiary/aromatic N) is 4. The van der Waals surface area contributed by atoms with Crippen LogP contribution < -0.4 is 4.90 Å². The van der Waals surface area contributed by atoms with Crippen molar-refractivity contribution in [2.24, 2.45) is 5.92 Å². The summed E-state index contributed by atoms with van der Waals surface area (Å²) in [6, 6.07) is 1.39. The Balaban J connectivity index is 1.76. The number of carbonyl (C=O) groups excluding carboxylic acids is 2. The summed E-state index contributed by atoms with van der Waals surface area (Å²) >= 11 is 6.00. The third kappa shape index (κ3) is 2.78. The zero-order valence-corrected chi connectivity index (χ0v) is 12.3. The van der Waals surface area contributed by atoms with Crippen molar-refractivity contribution in [2.45, 2.75) is 12.8 Å². The van der Waals surface area contributed by atoms with Crippen LogP contribution in [0.1, 0.15) is 23.3 Å². The number of carbonyl (C=O) groups is 2.